The molecule has 6 heteroatoms. The monoisotopic (exact) mass is 496 g/mol. The van der Waals surface area contributed by atoms with Gasteiger partial charge in [0.1, 0.15) is 6.04 Å². The molecule has 200 valence electrons. The molecule has 2 amide bonds. The minimum atomic E-state index is -0.357. The standard InChI is InChI=1S/C30H48N4O2/c1-21(2)19-33(20-25-6-4-22(3)5-7-25)27-14-15-34(30(36)26-12-13-26)28(16-27)29(35)32-18-24-10-8-23(17-31)9-11-24/h4-7,21,23-24,26-28H,8-20,31H2,1-3H3,(H,32,35)/t23?,24?,27?,28-/m1/s1. The molecule has 2 aliphatic carbocycles. The molecule has 1 aliphatic heterocycles. The van der Waals surface area contributed by atoms with Gasteiger partial charge in [-0.25, -0.2) is 0 Å². The van der Waals surface area contributed by atoms with E-state index in [1.807, 2.05) is 4.90 Å². The van der Waals surface area contributed by atoms with Gasteiger partial charge in [0, 0.05) is 38.1 Å². The Kier molecular flexibility index (Phi) is 9.46. The van der Waals surface area contributed by atoms with E-state index < -0.39 is 0 Å². The number of benzene rings is 1. The normalized spacial score (nSPS) is 26.9. The Morgan fingerprint density at radius 2 is 1.69 bits per heavy atom. The van der Waals surface area contributed by atoms with E-state index in [2.05, 4.69) is 55.3 Å². The highest BCUT2D eigenvalue weighted by molar-refractivity contribution is 5.89. The Balaban J connectivity index is 1.43. The van der Waals surface area contributed by atoms with Crippen molar-refractivity contribution in [3.05, 3.63) is 35.4 Å². The predicted octanol–water partition coefficient (Wildman–Crippen LogP) is 4.10. The van der Waals surface area contributed by atoms with Crippen LogP contribution in [-0.4, -0.2) is 59.9 Å². The van der Waals surface area contributed by atoms with Crippen LogP contribution in [0.3, 0.4) is 0 Å². The minimum absolute atomic E-state index is 0.0504. The van der Waals surface area contributed by atoms with Crippen LogP contribution in [0.15, 0.2) is 24.3 Å². The van der Waals surface area contributed by atoms with Crippen LogP contribution in [0, 0.1) is 30.6 Å². The van der Waals surface area contributed by atoms with Crippen LogP contribution in [-0.2, 0) is 16.1 Å². The summed E-state index contributed by atoms with van der Waals surface area (Å²) in [4.78, 5) is 31.2. The number of carbonyl (C=O) groups is 2. The number of rotatable bonds is 10. The number of carbonyl (C=O) groups excluding carboxylic acids is 2. The van der Waals surface area contributed by atoms with Gasteiger partial charge in [0.15, 0.2) is 0 Å². The first-order valence-electron chi connectivity index (χ1n) is 14.4. The molecule has 4 rings (SSSR count). The van der Waals surface area contributed by atoms with Gasteiger partial charge >= 0.3 is 0 Å². The van der Waals surface area contributed by atoms with Crippen LogP contribution >= 0.6 is 0 Å². The highest BCUT2D eigenvalue weighted by Crippen LogP contribution is 2.35. The summed E-state index contributed by atoms with van der Waals surface area (Å²) in [7, 11) is 0. The number of amides is 2. The van der Waals surface area contributed by atoms with Crippen molar-refractivity contribution in [1.29, 1.82) is 0 Å². The lowest BCUT2D eigenvalue weighted by atomic mass is 9.82. The SMILES string of the molecule is Cc1ccc(CN(CC(C)C)C2CCN(C(=O)C3CC3)[C@@H](C(=O)NCC3CCC(CN)CC3)C2)cc1. The molecule has 1 aromatic rings. The second kappa shape index (κ2) is 12.6. The number of nitrogens with one attached hydrogen (secondary N) is 1. The van der Waals surface area contributed by atoms with Gasteiger partial charge in [-0.05, 0) is 88.2 Å². The lowest BCUT2D eigenvalue weighted by Gasteiger charge is -2.43. The molecule has 0 radical (unpaired) electrons. The van der Waals surface area contributed by atoms with Gasteiger partial charge in [-0.15, -0.1) is 0 Å². The van der Waals surface area contributed by atoms with E-state index in [9.17, 15) is 9.59 Å². The van der Waals surface area contributed by atoms with Crippen molar-refractivity contribution in [2.75, 3.05) is 26.2 Å². The van der Waals surface area contributed by atoms with Crippen molar-refractivity contribution < 1.29 is 9.59 Å². The molecule has 2 saturated carbocycles. The molecule has 3 aliphatic rings. The zero-order valence-electron chi connectivity index (χ0n) is 22.8. The fourth-order valence-electron chi connectivity index (χ4n) is 6.13. The van der Waals surface area contributed by atoms with Crippen molar-refractivity contribution in [1.82, 2.24) is 15.1 Å². The Labute approximate surface area is 218 Å². The lowest BCUT2D eigenvalue weighted by Crippen LogP contribution is -2.58. The van der Waals surface area contributed by atoms with Gasteiger partial charge in [-0.1, -0.05) is 43.7 Å². The molecular weight excluding hydrogens is 448 g/mol. The summed E-state index contributed by atoms with van der Waals surface area (Å²) in [6.07, 6.45) is 8.22. The van der Waals surface area contributed by atoms with Gasteiger partial charge < -0.3 is 16.0 Å². The van der Waals surface area contributed by atoms with E-state index in [1.54, 1.807) is 0 Å². The van der Waals surface area contributed by atoms with Crippen LogP contribution < -0.4 is 11.1 Å². The van der Waals surface area contributed by atoms with Gasteiger partial charge in [-0.3, -0.25) is 14.5 Å². The summed E-state index contributed by atoms with van der Waals surface area (Å²) >= 11 is 0. The molecule has 3 fully saturated rings. The maximum atomic E-state index is 13.6. The third kappa shape index (κ3) is 7.32. The summed E-state index contributed by atoms with van der Waals surface area (Å²) in [5.74, 6) is 2.10. The van der Waals surface area contributed by atoms with E-state index in [4.69, 9.17) is 5.73 Å². The van der Waals surface area contributed by atoms with Gasteiger partial charge in [0.25, 0.3) is 0 Å². The average Bonchev–Trinajstić information content (AvgIpc) is 3.73. The van der Waals surface area contributed by atoms with E-state index in [1.165, 1.54) is 11.1 Å². The number of nitrogens with zero attached hydrogens (tertiary/aromatic N) is 2. The molecular formula is C30H48N4O2. The van der Waals surface area contributed by atoms with Crippen LogP contribution in [0.2, 0.25) is 0 Å². The second-order valence-corrected chi connectivity index (χ2v) is 12.2. The Morgan fingerprint density at radius 1 is 1.03 bits per heavy atom. The summed E-state index contributed by atoms with van der Waals surface area (Å²) in [6, 6.07) is 8.74. The van der Waals surface area contributed by atoms with E-state index >= 15 is 0 Å². The zero-order chi connectivity index (χ0) is 25.7. The number of likely N-dealkylation sites (tertiary alicyclic amines) is 1. The molecule has 0 bridgehead atoms. The molecule has 1 saturated heterocycles. The highest BCUT2D eigenvalue weighted by atomic mass is 16.2. The van der Waals surface area contributed by atoms with Crippen LogP contribution in [0.5, 0.6) is 0 Å². The Hall–Kier alpha value is -1.92. The third-order valence-corrected chi connectivity index (χ3v) is 8.57. The first-order valence-corrected chi connectivity index (χ1v) is 14.4. The molecule has 0 spiro atoms. The molecule has 3 N–H and O–H groups in total. The quantitative estimate of drug-likeness (QED) is 0.511. The summed E-state index contributed by atoms with van der Waals surface area (Å²) in [6.45, 7) is 10.7. The molecule has 1 heterocycles. The summed E-state index contributed by atoms with van der Waals surface area (Å²) in [5, 5.41) is 3.27. The Bertz CT molecular complexity index is 858. The molecule has 0 aromatic heterocycles. The molecule has 2 atom stereocenters. The predicted molar refractivity (Wildman–Crippen MR) is 145 cm³/mol. The van der Waals surface area contributed by atoms with Gasteiger partial charge in [-0.2, -0.15) is 0 Å². The summed E-state index contributed by atoms with van der Waals surface area (Å²) in [5.41, 5.74) is 8.44. The number of aryl methyl sites for hydroxylation is 1. The minimum Gasteiger partial charge on any atom is -0.354 e. The van der Waals surface area contributed by atoms with Crippen molar-refractivity contribution in [2.24, 2.45) is 29.4 Å². The van der Waals surface area contributed by atoms with Crippen molar-refractivity contribution in [3.8, 4) is 0 Å². The maximum absolute atomic E-state index is 13.6. The molecule has 6 nitrogen and oxygen atoms in total. The van der Waals surface area contributed by atoms with E-state index in [0.29, 0.717) is 30.3 Å². The van der Waals surface area contributed by atoms with Gasteiger partial charge in [0.2, 0.25) is 11.8 Å². The number of nitrogens with two attached hydrogens (primary N) is 1. The van der Waals surface area contributed by atoms with Crippen molar-refractivity contribution in [3.63, 3.8) is 0 Å². The van der Waals surface area contributed by atoms with Gasteiger partial charge in [0.05, 0.1) is 0 Å². The molecule has 1 aromatic carbocycles. The second-order valence-electron chi connectivity index (χ2n) is 12.2. The lowest BCUT2D eigenvalue weighted by molar-refractivity contribution is -0.145. The van der Waals surface area contributed by atoms with Crippen molar-refractivity contribution >= 4 is 11.8 Å². The smallest absolute Gasteiger partial charge is 0.242 e. The number of hydrogen-bond donors (Lipinski definition) is 2. The van der Waals surface area contributed by atoms with E-state index in [-0.39, 0.29) is 23.8 Å². The van der Waals surface area contributed by atoms with E-state index in [0.717, 1.165) is 77.5 Å². The first-order chi connectivity index (χ1) is 17.3. The maximum Gasteiger partial charge on any atom is 0.242 e. The largest absolute Gasteiger partial charge is 0.354 e. The average molecular weight is 497 g/mol. The first kappa shape index (κ1) is 27.1. The molecule has 36 heavy (non-hydrogen) atoms. The highest BCUT2D eigenvalue weighted by Gasteiger charge is 2.43. The zero-order valence-corrected chi connectivity index (χ0v) is 22.8. The van der Waals surface area contributed by atoms with Crippen LogP contribution in [0.1, 0.15) is 76.3 Å². The Morgan fingerprint density at radius 3 is 2.31 bits per heavy atom. The number of hydrogen-bond acceptors (Lipinski definition) is 4. The summed E-state index contributed by atoms with van der Waals surface area (Å²) < 4.78 is 0. The number of piperidine rings is 1. The third-order valence-electron chi connectivity index (χ3n) is 8.57. The topological polar surface area (TPSA) is 78.7 Å². The van der Waals surface area contributed by atoms with Crippen molar-refractivity contribution in [2.45, 2.75) is 90.8 Å². The van der Waals surface area contributed by atoms with Crippen LogP contribution in [0.25, 0.3) is 0 Å². The van der Waals surface area contributed by atoms with Crippen LogP contribution in [0.4, 0.5) is 0 Å². The fraction of sp³-hybridized carbons (Fsp3) is 0.733. The molecule has 1 unspecified atom stereocenters. The fourth-order valence-corrected chi connectivity index (χ4v) is 6.13.